The van der Waals surface area contributed by atoms with Crippen LogP contribution >= 0.6 is 11.6 Å². The number of amides is 1. The average Bonchev–Trinajstić information content (AvgIpc) is 2.40. The number of hydrogen-bond acceptors (Lipinski definition) is 3. The van der Waals surface area contributed by atoms with E-state index in [4.69, 9.17) is 11.6 Å². The molecule has 0 saturated heterocycles. The Kier molecular flexibility index (Phi) is 5.83. The van der Waals surface area contributed by atoms with Crippen molar-refractivity contribution in [3.05, 3.63) is 34.3 Å². The van der Waals surface area contributed by atoms with Crippen LogP contribution < -0.4 is 5.32 Å². The highest BCUT2D eigenvalue weighted by Gasteiger charge is 2.22. The van der Waals surface area contributed by atoms with Gasteiger partial charge in [0.25, 0.3) is 5.91 Å². The van der Waals surface area contributed by atoms with Crippen LogP contribution in [0.25, 0.3) is 0 Å². The maximum atomic E-state index is 12.1. The summed E-state index contributed by atoms with van der Waals surface area (Å²) < 4.78 is 4.67. The highest BCUT2D eigenvalue weighted by atomic mass is 35.5. The van der Waals surface area contributed by atoms with Gasteiger partial charge in [0.15, 0.2) is 0 Å². The number of rotatable bonds is 5. The van der Waals surface area contributed by atoms with E-state index in [9.17, 15) is 9.59 Å². The van der Waals surface area contributed by atoms with Gasteiger partial charge in [-0.25, -0.2) is 4.79 Å². The molecule has 0 spiro atoms. The fraction of sp³-hybridized carbons (Fsp3) is 0.429. The monoisotopic (exact) mass is 283 g/mol. The topological polar surface area (TPSA) is 55.4 Å². The van der Waals surface area contributed by atoms with Crippen LogP contribution in [0.2, 0.25) is 5.02 Å². The van der Waals surface area contributed by atoms with Crippen LogP contribution in [-0.4, -0.2) is 25.0 Å². The molecular formula is C14H18ClNO3. The van der Waals surface area contributed by atoms with Crippen molar-refractivity contribution >= 4 is 23.5 Å². The van der Waals surface area contributed by atoms with E-state index in [0.717, 1.165) is 12.0 Å². The van der Waals surface area contributed by atoms with Crippen molar-refractivity contribution in [2.24, 2.45) is 0 Å². The molecule has 0 saturated carbocycles. The van der Waals surface area contributed by atoms with Crippen molar-refractivity contribution in [1.82, 2.24) is 5.32 Å². The van der Waals surface area contributed by atoms with Gasteiger partial charge in [0, 0.05) is 0 Å². The summed E-state index contributed by atoms with van der Waals surface area (Å²) in [4.78, 5) is 23.7. The molecule has 1 aromatic rings. The number of carbonyl (C=O) groups excluding carboxylic acids is 2. The number of esters is 1. The Labute approximate surface area is 118 Å². The van der Waals surface area contributed by atoms with E-state index in [-0.39, 0.29) is 5.91 Å². The number of benzene rings is 1. The highest BCUT2D eigenvalue weighted by molar-refractivity contribution is 6.34. The molecule has 0 aromatic heterocycles. The van der Waals surface area contributed by atoms with Crippen molar-refractivity contribution in [3.63, 3.8) is 0 Å². The summed E-state index contributed by atoms with van der Waals surface area (Å²) in [5.74, 6) is -0.809. The summed E-state index contributed by atoms with van der Waals surface area (Å²) in [7, 11) is 1.30. The molecule has 1 aromatic carbocycles. The maximum Gasteiger partial charge on any atom is 0.328 e. The molecule has 1 rings (SSSR count). The van der Waals surface area contributed by atoms with Crippen LogP contribution in [0.1, 0.15) is 35.7 Å². The van der Waals surface area contributed by atoms with E-state index in [1.807, 2.05) is 19.9 Å². The lowest BCUT2D eigenvalue weighted by molar-refractivity contribution is -0.143. The molecule has 0 radical (unpaired) electrons. The van der Waals surface area contributed by atoms with Gasteiger partial charge in [-0.05, 0) is 25.0 Å². The molecule has 0 bridgehead atoms. The molecule has 0 aliphatic carbocycles. The standard InChI is InChI=1S/C14H18ClNO3/c1-4-6-11(14(18)19-3)16-13(17)10-8-5-7-9(2)12(10)15/h5,7-8,11H,4,6H2,1-3H3,(H,16,17). The summed E-state index contributed by atoms with van der Waals surface area (Å²) in [6.45, 7) is 3.75. The van der Waals surface area contributed by atoms with Crippen molar-refractivity contribution < 1.29 is 14.3 Å². The Bertz CT molecular complexity index is 474. The first-order valence-corrected chi connectivity index (χ1v) is 6.52. The lowest BCUT2D eigenvalue weighted by atomic mass is 10.1. The third-order valence-corrected chi connectivity index (χ3v) is 3.31. The van der Waals surface area contributed by atoms with Gasteiger partial charge in [0.2, 0.25) is 0 Å². The SMILES string of the molecule is CCCC(NC(=O)c1cccc(C)c1Cl)C(=O)OC. The molecule has 1 N–H and O–H groups in total. The molecular weight excluding hydrogens is 266 g/mol. The first kappa shape index (κ1) is 15.5. The van der Waals surface area contributed by atoms with Gasteiger partial charge in [0.1, 0.15) is 6.04 Å². The Balaban J connectivity index is 2.87. The predicted molar refractivity (Wildman–Crippen MR) is 74.4 cm³/mol. The minimum Gasteiger partial charge on any atom is -0.467 e. The molecule has 19 heavy (non-hydrogen) atoms. The molecule has 0 aliphatic heterocycles. The molecule has 0 heterocycles. The number of aryl methyl sites for hydroxylation is 1. The normalized spacial score (nSPS) is 11.8. The van der Waals surface area contributed by atoms with Crippen molar-refractivity contribution in [3.8, 4) is 0 Å². The van der Waals surface area contributed by atoms with Gasteiger partial charge in [0.05, 0.1) is 17.7 Å². The fourth-order valence-electron chi connectivity index (χ4n) is 1.74. The van der Waals surface area contributed by atoms with E-state index in [1.165, 1.54) is 7.11 Å². The van der Waals surface area contributed by atoms with Crippen LogP contribution in [0.4, 0.5) is 0 Å². The molecule has 0 fully saturated rings. The first-order valence-electron chi connectivity index (χ1n) is 6.15. The van der Waals surface area contributed by atoms with Gasteiger partial charge in [-0.3, -0.25) is 4.79 Å². The van der Waals surface area contributed by atoms with Gasteiger partial charge >= 0.3 is 5.97 Å². The van der Waals surface area contributed by atoms with E-state index >= 15 is 0 Å². The summed E-state index contributed by atoms with van der Waals surface area (Å²) in [6, 6.07) is 4.57. The summed E-state index contributed by atoms with van der Waals surface area (Å²) >= 11 is 6.09. The summed E-state index contributed by atoms with van der Waals surface area (Å²) in [5, 5.41) is 3.06. The minimum absolute atomic E-state index is 0.363. The van der Waals surface area contributed by atoms with E-state index in [1.54, 1.807) is 12.1 Å². The number of carbonyl (C=O) groups is 2. The first-order chi connectivity index (χ1) is 9.01. The van der Waals surface area contributed by atoms with Crippen molar-refractivity contribution in [2.75, 3.05) is 7.11 Å². The molecule has 1 unspecified atom stereocenters. The molecule has 5 heteroatoms. The third-order valence-electron chi connectivity index (χ3n) is 2.80. The number of nitrogens with one attached hydrogen (secondary N) is 1. The zero-order chi connectivity index (χ0) is 14.4. The number of methoxy groups -OCH3 is 1. The van der Waals surface area contributed by atoms with Gasteiger partial charge in [-0.2, -0.15) is 0 Å². The van der Waals surface area contributed by atoms with Gasteiger partial charge < -0.3 is 10.1 Å². The van der Waals surface area contributed by atoms with Gasteiger partial charge in [-0.15, -0.1) is 0 Å². The zero-order valence-corrected chi connectivity index (χ0v) is 12.1. The minimum atomic E-state index is -0.640. The van der Waals surface area contributed by atoms with E-state index in [2.05, 4.69) is 10.1 Å². The lowest BCUT2D eigenvalue weighted by Gasteiger charge is -2.16. The molecule has 104 valence electrons. The summed E-state index contributed by atoms with van der Waals surface area (Å²) in [5.41, 5.74) is 1.19. The number of hydrogen-bond donors (Lipinski definition) is 1. The lowest BCUT2D eigenvalue weighted by Crippen LogP contribution is -2.41. The Morgan fingerprint density at radius 2 is 2.11 bits per heavy atom. The quantitative estimate of drug-likeness (QED) is 0.846. The van der Waals surface area contributed by atoms with Gasteiger partial charge in [-0.1, -0.05) is 37.1 Å². The fourth-order valence-corrected chi connectivity index (χ4v) is 1.95. The Hall–Kier alpha value is -1.55. The van der Waals surface area contributed by atoms with Crippen LogP contribution in [0.3, 0.4) is 0 Å². The highest BCUT2D eigenvalue weighted by Crippen LogP contribution is 2.20. The van der Waals surface area contributed by atoms with E-state index < -0.39 is 12.0 Å². The Morgan fingerprint density at radius 3 is 2.68 bits per heavy atom. The molecule has 4 nitrogen and oxygen atoms in total. The number of halogens is 1. The average molecular weight is 284 g/mol. The van der Waals surface area contributed by atoms with E-state index in [0.29, 0.717) is 17.0 Å². The third kappa shape index (κ3) is 3.96. The maximum absolute atomic E-state index is 12.1. The molecule has 1 atom stereocenters. The van der Waals surface area contributed by atoms with Crippen LogP contribution in [0, 0.1) is 6.92 Å². The second kappa shape index (κ2) is 7.14. The predicted octanol–water partition coefficient (Wildman–Crippen LogP) is 2.72. The number of ether oxygens (including phenoxy) is 1. The zero-order valence-electron chi connectivity index (χ0n) is 11.3. The molecule has 0 aliphatic rings. The van der Waals surface area contributed by atoms with Crippen molar-refractivity contribution in [2.45, 2.75) is 32.7 Å². The van der Waals surface area contributed by atoms with Crippen LogP contribution in [0.5, 0.6) is 0 Å². The smallest absolute Gasteiger partial charge is 0.328 e. The second-order valence-electron chi connectivity index (χ2n) is 4.27. The van der Waals surface area contributed by atoms with Crippen molar-refractivity contribution in [1.29, 1.82) is 0 Å². The Morgan fingerprint density at radius 1 is 1.42 bits per heavy atom. The van der Waals surface area contributed by atoms with Crippen LogP contribution in [0.15, 0.2) is 18.2 Å². The largest absolute Gasteiger partial charge is 0.467 e. The summed E-state index contributed by atoms with van der Waals surface area (Å²) in [6.07, 6.45) is 1.30. The van der Waals surface area contributed by atoms with Crippen LogP contribution in [-0.2, 0) is 9.53 Å². The second-order valence-corrected chi connectivity index (χ2v) is 4.65. The molecule has 1 amide bonds.